The number of ether oxygens (including phenoxy) is 1. The van der Waals surface area contributed by atoms with Gasteiger partial charge in [0.05, 0.1) is 16.7 Å². The summed E-state index contributed by atoms with van der Waals surface area (Å²) in [4.78, 5) is 0. The molecular formula is C16H21Cl2NO. The number of fused-ring (bicyclic) bond motifs is 2. The van der Waals surface area contributed by atoms with Crippen LogP contribution in [0.5, 0.6) is 0 Å². The Kier molecular flexibility index (Phi) is 4.56. The smallest absolute Gasteiger partial charge is 0.0595 e. The predicted octanol–water partition coefficient (Wildman–Crippen LogP) is 4.25. The Hall–Kier alpha value is -0.280. The molecule has 2 nitrogen and oxygen atoms in total. The van der Waals surface area contributed by atoms with Gasteiger partial charge in [-0.2, -0.15) is 0 Å². The average molecular weight is 314 g/mol. The molecule has 2 fully saturated rings. The van der Waals surface area contributed by atoms with Gasteiger partial charge in [-0.1, -0.05) is 29.3 Å². The molecule has 2 bridgehead atoms. The van der Waals surface area contributed by atoms with Crippen LogP contribution in [-0.4, -0.2) is 25.3 Å². The SMILES string of the molecule is CCOC[C@@H]1C2CCC(CC1c1ccc(Cl)c(Cl)c1)N2. The fraction of sp³-hybridized carbons (Fsp3) is 0.625. The largest absolute Gasteiger partial charge is 0.381 e. The molecule has 110 valence electrons. The van der Waals surface area contributed by atoms with Crippen molar-refractivity contribution in [2.24, 2.45) is 5.92 Å². The third-order valence-electron chi connectivity index (χ3n) is 4.73. The first-order valence-corrected chi connectivity index (χ1v) is 8.23. The van der Waals surface area contributed by atoms with E-state index in [0.717, 1.165) is 13.2 Å². The van der Waals surface area contributed by atoms with Gasteiger partial charge in [-0.05, 0) is 49.8 Å². The normalized spacial score (nSPS) is 32.5. The van der Waals surface area contributed by atoms with Gasteiger partial charge in [0.25, 0.3) is 0 Å². The molecule has 3 rings (SSSR count). The lowest BCUT2D eigenvalue weighted by atomic mass is 9.77. The van der Waals surface area contributed by atoms with E-state index in [1.165, 1.54) is 24.8 Å². The maximum atomic E-state index is 6.19. The molecule has 3 unspecified atom stereocenters. The van der Waals surface area contributed by atoms with E-state index < -0.39 is 0 Å². The first-order valence-electron chi connectivity index (χ1n) is 7.47. The van der Waals surface area contributed by atoms with E-state index in [0.29, 0.717) is 34.0 Å². The van der Waals surface area contributed by atoms with Gasteiger partial charge in [-0.3, -0.25) is 0 Å². The Balaban J connectivity index is 1.85. The number of halogens is 2. The fourth-order valence-electron chi connectivity index (χ4n) is 3.75. The summed E-state index contributed by atoms with van der Waals surface area (Å²) in [5.74, 6) is 1.06. The van der Waals surface area contributed by atoms with E-state index >= 15 is 0 Å². The molecule has 0 spiro atoms. The quantitative estimate of drug-likeness (QED) is 0.897. The van der Waals surface area contributed by atoms with Crippen LogP contribution in [0.2, 0.25) is 10.0 Å². The number of benzene rings is 1. The first-order chi connectivity index (χ1) is 9.69. The number of nitrogens with one attached hydrogen (secondary N) is 1. The lowest BCUT2D eigenvalue weighted by molar-refractivity contribution is 0.0723. The fourth-order valence-corrected chi connectivity index (χ4v) is 4.05. The summed E-state index contributed by atoms with van der Waals surface area (Å²) in [5, 5.41) is 5.03. The molecule has 2 aliphatic heterocycles. The second-order valence-corrected chi connectivity index (χ2v) is 6.70. The lowest BCUT2D eigenvalue weighted by Crippen LogP contribution is -2.46. The maximum Gasteiger partial charge on any atom is 0.0595 e. The van der Waals surface area contributed by atoms with Gasteiger partial charge in [0.15, 0.2) is 0 Å². The molecule has 2 saturated heterocycles. The van der Waals surface area contributed by atoms with Crippen LogP contribution in [-0.2, 0) is 4.74 Å². The van der Waals surface area contributed by atoms with Gasteiger partial charge < -0.3 is 10.1 Å². The summed E-state index contributed by atoms with van der Waals surface area (Å²) in [6, 6.07) is 7.32. The van der Waals surface area contributed by atoms with E-state index in [2.05, 4.69) is 18.3 Å². The molecule has 1 N–H and O–H groups in total. The van der Waals surface area contributed by atoms with Crippen molar-refractivity contribution in [3.63, 3.8) is 0 Å². The molecule has 2 aliphatic rings. The van der Waals surface area contributed by atoms with E-state index in [9.17, 15) is 0 Å². The maximum absolute atomic E-state index is 6.19. The van der Waals surface area contributed by atoms with Crippen molar-refractivity contribution in [1.29, 1.82) is 0 Å². The summed E-state index contributed by atoms with van der Waals surface area (Å²) < 4.78 is 5.73. The van der Waals surface area contributed by atoms with Gasteiger partial charge in [0.2, 0.25) is 0 Å². The molecule has 1 aromatic rings. The van der Waals surface area contributed by atoms with Crippen LogP contribution in [0.1, 0.15) is 37.7 Å². The minimum Gasteiger partial charge on any atom is -0.381 e. The molecule has 0 aliphatic carbocycles. The number of piperidine rings is 1. The standard InChI is InChI=1S/C16H21Cl2NO/c1-2-20-9-13-12(8-11-4-6-16(13)19-11)10-3-5-14(17)15(18)7-10/h3,5,7,11-13,16,19H,2,4,6,8-9H2,1H3/t11?,12?,13-,16?/m0/s1. The molecule has 0 amide bonds. The Labute approximate surface area is 130 Å². The molecule has 2 heterocycles. The average Bonchev–Trinajstić information content (AvgIpc) is 2.83. The van der Waals surface area contributed by atoms with Crippen molar-refractivity contribution in [2.75, 3.05) is 13.2 Å². The van der Waals surface area contributed by atoms with Crippen LogP contribution in [0.15, 0.2) is 18.2 Å². The van der Waals surface area contributed by atoms with E-state index in [1.54, 1.807) is 0 Å². The Morgan fingerprint density at radius 2 is 2.10 bits per heavy atom. The van der Waals surface area contributed by atoms with Crippen molar-refractivity contribution in [3.05, 3.63) is 33.8 Å². The van der Waals surface area contributed by atoms with Crippen molar-refractivity contribution in [3.8, 4) is 0 Å². The van der Waals surface area contributed by atoms with E-state index in [1.807, 2.05) is 12.1 Å². The first kappa shape index (κ1) is 14.6. The highest BCUT2D eigenvalue weighted by atomic mass is 35.5. The number of hydrogen-bond donors (Lipinski definition) is 1. The monoisotopic (exact) mass is 313 g/mol. The zero-order valence-corrected chi connectivity index (χ0v) is 13.3. The van der Waals surface area contributed by atoms with Crippen LogP contribution < -0.4 is 5.32 Å². The highest BCUT2D eigenvalue weighted by Gasteiger charge is 2.42. The Morgan fingerprint density at radius 1 is 1.25 bits per heavy atom. The van der Waals surface area contributed by atoms with Crippen LogP contribution in [0.25, 0.3) is 0 Å². The Bertz CT molecular complexity index is 480. The van der Waals surface area contributed by atoms with Crippen LogP contribution in [0, 0.1) is 5.92 Å². The zero-order valence-electron chi connectivity index (χ0n) is 11.7. The van der Waals surface area contributed by atoms with Crippen molar-refractivity contribution >= 4 is 23.2 Å². The molecular weight excluding hydrogens is 293 g/mol. The van der Waals surface area contributed by atoms with Crippen molar-refractivity contribution < 1.29 is 4.74 Å². The zero-order chi connectivity index (χ0) is 14.1. The van der Waals surface area contributed by atoms with Crippen LogP contribution >= 0.6 is 23.2 Å². The van der Waals surface area contributed by atoms with E-state index in [4.69, 9.17) is 27.9 Å². The van der Waals surface area contributed by atoms with Gasteiger partial charge in [-0.15, -0.1) is 0 Å². The highest BCUT2D eigenvalue weighted by molar-refractivity contribution is 6.42. The summed E-state index contributed by atoms with van der Waals surface area (Å²) >= 11 is 12.2. The van der Waals surface area contributed by atoms with Crippen LogP contribution in [0.3, 0.4) is 0 Å². The minimum atomic E-state index is 0.523. The summed E-state index contributed by atoms with van der Waals surface area (Å²) in [6.07, 6.45) is 3.72. The van der Waals surface area contributed by atoms with Gasteiger partial charge in [-0.25, -0.2) is 0 Å². The summed E-state index contributed by atoms with van der Waals surface area (Å²) in [6.45, 7) is 3.66. The third-order valence-corrected chi connectivity index (χ3v) is 5.47. The molecule has 1 aromatic carbocycles. The second kappa shape index (κ2) is 6.23. The number of hydrogen-bond acceptors (Lipinski definition) is 2. The highest BCUT2D eigenvalue weighted by Crippen LogP contribution is 2.42. The van der Waals surface area contributed by atoms with Crippen molar-refractivity contribution in [2.45, 2.75) is 44.2 Å². The third kappa shape index (κ3) is 2.85. The second-order valence-electron chi connectivity index (χ2n) is 5.89. The molecule has 0 saturated carbocycles. The Morgan fingerprint density at radius 3 is 2.85 bits per heavy atom. The van der Waals surface area contributed by atoms with Crippen LogP contribution in [0.4, 0.5) is 0 Å². The summed E-state index contributed by atoms with van der Waals surface area (Å²) in [7, 11) is 0. The van der Waals surface area contributed by atoms with Gasteiger partial charge in [0, 0.05) is 24.6 Å². The topological polar surface area (TPSA) is 21.3 Å². The lowest BCUT2D eigenvalue weighted by Gasteiger charge is -2.38. The molecule has 4 heteroatoms. The molecule has 0 aromatic heterocycles. The predicted molar refractivity (Wildman–Crippen MR) is 83.7 cm³/mol. The minimum absolute atomic E-state index is 0.523. The van der Waals surface area contributed by atoms with E-state index in [-0.39, 0.29) is 0 Å². The van der Waals surface area contributed by atoms with Gasteiger partial charge >= 0.3 is 0 Å². The molecule has 4 atom stereocenters. The van der Waals surface area contributed by atoms with Gasteiger partial charge in [0.1, 0.15) is 0 Å². The number of rotatable bonds is 4. The molecule has 0 radical (unpaired) electrons. The van der Waals surface area contributed by atoms with Crippen molar-refractivity contribution in [1.82, 2.24) is 5.32 Å². The summed E-state index contributed by atoms with van der Waals surface area (Å²) in [5.41, 5.74) is 1.31. The molecule has 20 heavy (non-hydrogen) atoms.